The number of carboxylic acid groups (broad SMARTS) is 1. The molecule has 1 rings (SSSR count). The van der Waals surface area contributed by atoms with E-state index < -0.39 is 5.97 Å². The van der Waals surface area contributed by atoms with E-state index in [-0.39, 0.29) is 17.7 Å². The lowest BCUT2D eigenvalue weighted by Crippen LogP contribution is -1.94. The first-order valence-corrected chi connectivity index (χ1v) is 3.57. The Labute approximate surface area is 67.3 Å². The Balaban J connectivity index is 3.01. The lowest BCUT2D eigenvalue weighted by Gasteiger charge is -1.94. The Morgan fingerprint density at radius 1 is 1.55 bits per heavy atom. The zero-order valence-electron chi connectivity index (χ0n) is 5.45. The van der Waals surface area contributed by atoms with Crippen LogP contribution in [0.25, 0.3) is 0 Å². The maximum Gasteiger partial charge on any atom is 0.335 e. The quantitative estimate of drug-likeness (QED) is 0.744. The fraction of sp³-hybridized carbons (Fsp3) is 0. The number of aromatic carboxylic acids is 1. The fourth-order valence-corrected chi connectivity index (χ4v) is 0.979. The summed E-state index contributed by atoms with van der Waals surface area (Å²) in [6.45, 7) is 0. The third-order valence-electron chi connectivity index (χ3n) is 1.17. The van der Waals surface area contributed by atoms with Gasteiger partial charge in [-0.2, -0.15) is 3.89 Å². The van der Waals surface area contributed by atoms with Gasteiger partial charge >= 0.3 is 5.97 Å². The van der Waals surface area contributed by atoms with Gasteiger partial charge in [0.1, 0.15) is 0 Å². The molecule has 0 aliphatic carbocycles. The summed E-state index contributed by atoms with van der Waals surface area (Å²) in [7, 11) is 0. The molecular formula is C7H5FO2S. The molecule has 1 N–H and O–H groups in total. The van der Waals surface area contributed by atoms with Gasteiger partial charge in [0, 0.05) is 4.90 Å². The second-order valence-corrected chi connectivity index (χ2v) is 2.54. The van der Waals surface area contributed by atoms with Crippen molar-refractivity contribution in [2.75, 3.05) is 0 Å². The first-order valence-electron chi connectivity index (χ1n) is 2.86. The van der Waals surface area contributed by atoms with Gasteiger partial charge in [0.05, 0.1) is 17.7 Å². The molecule has 0 atom stereocenters. The maximum absolute atomic E-state index is 11.9. The minimum absolute atomic E-state index is 0.0370. The first-order chi connectivity index (χ1) is 5.24. The van der Waals surface area contributed by atoms with Gasteiger partial charge in [-0.3, -0.25) is 0 Å². The summed E-state index contributed by atoms with van der Waals surface area (Å²) in [5.41, 5.74) is 0.104. The van der Waals surface area contributed by atoms with Crippen molar-refractivity contribution in [1.29, 1.82) is 0 Å². The Bertz CT molecular complexity index is 275. The van der Waals surface area contributed by atoms with Crippen LogP contribution in [-0.2, 0) is 0 Å². The first kappa shape index (κ1) is 8.07. The number of carboxylic acids is 1. The highest BCUT2D eigenvalue weighted by Crippen LogP contribution is 2.19. The van der Waals surface area contributed by atoms with Crippen LogP contribution in [0.3, 0.4) is 0 Å². The lowest BCUT2D eigenvalue weighted by molar-refractivity contribution is 0.0696. The van der Waals surface area contributed by atoms with Crippen LogP contribution in [0, 0.1) is 0 Å². The minimum Gasteiger partial charge on any atom is -0.478 e. The van der Waals surface area contributed by atoms with E-state index in [2.05, 4.69) is 0 Å². The van der Waals surface area contributed by atoms with Crippen molar-refractivity contribution >= 4 is 18.1 Å². The van der Waals surface area contributed by atoms with E-state index in [1.54, 1.807) is 0 Å². The Morgan fingerprint density at radius 3 is 2.82 bits per heavy atom. The number of rotatable bonds is 2. The van der Waals surface area contributed by atoms with Crippen molar-refractivity contribution in [3.8, 4) is 0 Å². The highest BCUT2D eigenvalue weighted by Gasteiger charge is 2.02. The summed E-state index contributed by atoms with van der Waals surface area (Å²) in [6.07, 6.45) is 0. The van der Waals surface area contributed by atoms with Crippen LogP contribution in [0.2, 0.25) is 0 Å². The molecule has 0 fully saturated rings. The van der Waals surface area contributed by atoms with Gasteiger partial charge in [0.25, 0.3) is 0 Å². The minimum atomic E-state index is -1.04. The van der Waals surface area contributed by atoms with Crippen molar-refractivity contribution in [3.63, 3.8) is 0 Å². The molecule has 0 aliphatic rings. The van der Waals surface area contributed by atoms with Crippen molar-refractivity contribution in [2.45, 2.75) is 4.90 Å². The molecule has 58 valence electrons. The Hall–Kier alpha value is -1.03. The van der Waals surface area contributed by atoms with Crippen molar-refractivity contribution in [2.24, 2.45) is 0 Å². The summed E-state index contributed by atoms with van der Waals surface area (Å²) in [5, 5.41) is 8.47. The van der Waals surface area contributed by atoms with E-state index in [0.29, 0.717) is 4.90 Å². The SMILES string of the molecule is O=C(O)c1cccc(SF)c1. The van der Waals surface area contributed by atoms with Gasteiger partial charge in [-0.15, -0.1) is 0 Å². The maximum atomic E-state index is 11.9. The van der Waals surface area contributed by atoms with Crippen LogP contribution in [0.5, 0.6) is 0 Å². The number of carbonyl (C=O) groups is 1. The standard InChI is InChI=1S/C7H5FO2S/c8-11-6-3-1-2-5(4-6)7(9)10/h1-4H,(H,9,10). The number of benzene rings is 1. The van der Waals surface area contributed by atoms with Gasteiger partial charge in [-0.1, -0.05) is 6.07 Å². The zero-order valence-corrected chi connectivity index (χ0v) is 6.27. The lowest BCUT2D eigenvalue weighted by atomic mass is 10.2. The van der Waals surface area contributed by atoms with Crippen LogP contribution in [0.1, 0.15) is 10.4 Å². The van der Waals surface area contributed by atoms with Crippen LogP contribution in [0.15, 0.2) is 29.2 Å². The topological polar surface area (TPSA) is 37.3 Å². The Morgan fingerprint density at radius 2 is 2.27 bits per heavy atom. The van der Waals surface area contributed by atoms with Gasteiger partial charge in [0.2, 0.25) is 0 Å². The van der Waals surface area contributed by atoms with Crippen LogP contribution < -0.4 is 0 Å². The van der Waals surface area contributed by atoms with Gasteiger partial charge in [-0.25, -0.2) is 4.79 Å². The summed E-state index contributed by atoms with van der Waals surface area (Å²) in [5.74, 6) is -1.04. The smallest absolute Gasteiger partial charge is 0.335 e. The Kier molecular flexibility index (Phi) is 2.48. The monoisotopic (exact) mass is 172 g/mol. The molecule has 0 bridgehead atoms. The summed E-state index contributed by atoms with van der Waals surface area (Å²) in [6, 6.07) is 5.72. The molecule has 0 spiro atoms. The molecule has 1 aromatic rings. The van der Waals surface area contributed by atoms with E-state index in [1.165, 1.54) is 24.3 Å². The second kappa shape index (κ2) is 3.39. The van der Waals surface area contributed by atoms with Gasteiger partial charge < -0.3 is 5.11 Å². The molecule has 1 aromatic carbocycles. The number of hydrogen-bond acceptors (Lipinski definition) is 2. The predicted molar refractivity (Wildman–Crippen MR) is 40.4 cm³/mol. The molecule has 2 nitrogen and oxygen atoms in total. The normalized spacial score (nSPS) is 9.55. The zero-order chi connectivity index (χ0) is 8.27. The molecule has 4 heteroatoms. The molecule has 0 heterocycles. The van der Waals surface area contributed by atoms with Crippen LogP contribution in [-0.4, -0.2) is 11.1 Å². The van der Waals surface area contributed by atoms with Crippen molar-refractivity contribution in [3.05, 3.63) is 29.8 Å². The third kappa shape index (κ3) is 1.94. The molecule has 0 unspecified atom stereocenters. The largest absolute Gasteiger partial charge is 0.478 e. The van der Waals surface area contributed by atoms with E-state index in [9.17, 15) is 8.68 Å². The van der Waals surface area contributed by atoms with Gasteiger partial charge in [-0.05, 0) is 18.2 Å². The van der Waals surface area contributed by atoms with Crippen LogP contribution in [0.4, 0.5) is 3.89 Å². The average Bonchev–Trinajstić information content (AvgIpc) is 2.05. The highest BCUT2D eigenvalue weighted by atomic mass is 32.2. The predicted octanol–water partition coefficient (Wildman–Crippen LogP) is 2.36. The molecule has 0 aliphatic heterocycles. The third-order valence-corrected chi connectivity index (χ3v) is 1.60. The summed E-state index contributed by atoms with van der Waals surface area (Å²) < 4.78 is 11.9. The molecule has 0 amide bonds. The summed E-state index contributed by atoms with van der Waals surface area (Å²) >= 11 is 0.0370. The van der Waals surface area contributed by atoms with Crippen LogP contribution >= 0.6 is 12.1 Å². The van der Waals surface area contributed by atoms with Gasteiger partial charge in [0.15, 0.2) is 0 Å². The molecule has 0 saturated heterocycles. The van der Waals surface area contributed by atoms with E-state index in [4.69, 9.17) is 5.11 Å². The molecule has 0 aromatic heterocycles. The highest BCUT2D eigenvalue weighted by molar-refractivity contribution is 7.94. The fourth-order valence-electron chi connectivity index (χ4n) is 0.677. The molecular weight excluding hydrogens is 167 g/mol. The molecule has 0 saturated carbocycles. The number of halogens is 1. The van der Waals surface area contributed by atoms with E-state index in [1.807, 2.05) is 0 Å². The van der Waals surface area contributed by atoms with Crippen molar-refractivity contribution in [1.82, 2.24) is 0 Å². The molecule has 11 heavy (non-hydrogen) atoms. The van der Waals surface area contributed by atoms with E-state index >= 15 is 0 Å². The van der Waals surface area contributed by atoms with Crippen molar-refractivity contribution < 1.29 is 13.8 Å². The van der Waals surface area contributed by atoms with E-state index in [0.717, 1.165) is 0 Å². The molecule has 0 radical (unpaired) electrons. The number of hydrogen-bond donors (Lipinski definition) is 1. The average molecular weight is 172 g/mol. The summed E-state index contributed by atoms with van der Waals surface area (Å²) in [4.78, 5) is 10.6. The second-order valence-electron chi connectivity index (χ2n) is 1.91.